The summed E-state index contributed by atoms with van der Waals surface area (Å²) in [6.45, 7) is 9.52. The lowest BCUT2D eigenvalue weighted by molar-refractivity contribution is 0.102. The van der Waals surface area contributed by atoms with Gasteiger partial charge in [-0.2, -0.15) is 0 Å². The molecule has 0 aliphatic rings. The summed E-state index contributed by atoms with van der Waals surface area (Å²) < 4.78 is 0. The minimum absolute atomic E-state index is 0.195. The summed E-state index contributed by atoms with van der Waals surface area (Å²) in [7, 11) is 0. The molecule has 0 aliphatic heterocycles. The molecule has 0 aromatic rings. The molecule has 1 unspecified atom stereocenters. The van der Waals surface area contributed by atoms with E-state index >= 15 is 0 Å². The van der Waals surface area contributed by atoms with Crippen LogP contribution in [0.15, 0.2) is 12.7 Å². The van der Waals surface area contributed by atoms with E-state index in [1.165, 1.54) is 0 Å². The van der Waals surface area contributed by atoms with Gasteiger partial charge in [-0.05, 0) is 18.9 Å². The Hall–Kier alpha value is -0.340. The maximum Gasteiger partial charge on any atom is 0.0692 e. The highest BCUT2D eigenvalue weighted by molar-refractivity contribution is 4.71. The Balaban J connectivity index is 3.47. The molecule has 0 heterocycles. The summed E-state index contributed by atoms with van der Waals surface area (Å²) in [5.74, 6) is 0.441. The van der Waals surface area contributed by atoms with Gasteiger partial charge in [0.2, 0.25) is 0 Å². The van der Waals surface area contributed by atoms with Crippen LogP contribution in [0, 0.1) is 5.92 Å². The van der Waals surface area contributed by atoms with Crippen LogP contribution in [0.25, 0.3) is 0 Å². The van der Waals surface area contributed by atoms with Crippen LogP contribution in [0.1, 0.15) is 33.1 Å². The van der Waals surface area contributed by atoms with Gasteiger partial charge < -0.3 is 10.4 Å². The Morgan fingerprint density at radius 2 is 2.00 bits per heavy atom. The molecule has 2 heteroatoms. The van der Waals surface area contributed by atoms with Crippen molar-refractivity contribution in [1.29, 1.82) is 0 Å². The van der Waals surface area contributed by atoms with Crippen molar-refractivity contribution in [2.45, 2.75) is 39.2 Å². The Kier molecular flexibility index (Phi) is 8.05. The number of hydrogen-bond donors (Lipinski definition) is 2. The molecular formula is C11H23NO. The van der Waals surface area contributed by atoms with Crippen LogP contribution in [-0.2, 0) is 0 Å². The lowest BCUT2D eigenvalue weighted by Gasteiger charge is -2.20. The third-order valence-electron chi connectivity index (χ3n) is 2.47. The van der Waals surface area contributed by atoms with Crippen LogP contribution in [0.4, 0.5) is 0 Å². The Bertz CT molecular complexity index is 121. The van der Waals surface area contributed by atoms with Gasteiger partial charge in [-0.15, -0.1) is 6.58 Å². The van der Waals surface area contributed by atoms with Crippen LogP contribution >= 0.6 is 0 Å². The second-order valence-electron chi connectivity index (χ2n) is 3.43. The topological polar surface area (TPSA) is 32.3 Å². The first-order chi connectivity index (χ1) is 6.26. The SMILES string of the molecule is C=CCCNCC(O)C(CC)CC. The zero-order chi connectivity index (χ0) is 10.1. The molecule has 1 atom stereocenters. The predicted octanol–water partition coefficient (Wildman–Crippen LogP) is 1.95. The number of aliphatic hydroxyl groups excluding tert-OH is 1. The van der Waals surface area contributed by atoms with Gasteiger partial charge in [0.25, 0.3) is 0 Å². The molecule has 78 valence electrons. The highest BCUT2D eigenvalue weighted by Gasteiger charge is 2.13. The van der Waals surface area contributed by atoms with E-state index in [4.69, 9.17) is 0 Å². The van der Waals surface area contributed by atoms with E-state index in [1.807, 2.05) is 6.08 Å². The zero-order valence-electron chi connectivity index (χ0n) is 8.92. The molecule has 0 fully saturated rings. The Morgan fingerprint density at radius 3 is 2.46 bits per heavy atom. The summed E-state index contributed by atoms with van der Waals surface area (Å²) >= 11 is 0. The molecule has 0 spiro atoms. The number of hydrogen-bond acceptors (Lipinski definition) is 2. The molecule has 0 amide bonds. The van der Waals surface area contributed by atoms with E-state index in [2.05, 4.69) is 25.7 Å². The third kappa shape index (κ3) is 5.83. The van der Waals surface area contributed by atoms with Crippen molar-refractivity contribution in [2.75, 3.05) is 13.1 Å². The zero-order valence-corrected chi connectivity index (χ0v) is 8.92. The van der Waals surface area contributed by atoms with Crippen LogP contribution in [0.3, 0.4) is 0 Å². The van der Waals surface area contributed by atoms with Crippen molar-refractivity contribution in [3.05, 3.63) is 12.7 Å². The average Bonchev–Trinajstić information content (AvgIpc) is 2.14. The molecule has 13 heavy (non-hydrogen) atoms. The van der Waals surface area contributed by atoms with Gasteiger partial charge in [0.05, 0.1) is 6.10 Å². The highest BCUT2D eigenvalue weighted by Crippen LogP contribution is 2.11. The Morgan fingerprint density at radius 1 is 1.38 bits per heavy atom. The van der Waals surface area contributed by atoms with E-state index in [1.54, 1.807) is 0 Å². The monoisotopic (exact) mass is 185 g/mol. The smallest absolute Gasteiger partial charge is 0.0692 e. The quantitative estimate of drug-likeness (QED) is 0.447. The molecule has 0 saturated carbocycles. The van der Waals surface area contributed by atoms with E-state index < -0.39 is 0 Å². The second-order valence-corrected chi connectivity index (χ2v) is 3.43. The predicted molar refractivity (Wildman–Crippen MR) is 57.8 cm³/mol. The fourth-order valence-corrected chi connectivity index (χ4v) is 1.45. The van der Waals surface area contributed by atoms with E-state index in [-0.39, 0.29) is 6.10 Å². The summed E-state index contributed by atoms with van der Waals surface area (Å²) in [6.07, 6.45) is 4.77. The lowest BCUT2D eigenvalue weighted by Crippen LogP contribution is -2.32. The number of aliphatic hydroxyl groups is 1. The lowest BCUT2D eigenvalue weighted by atomic mass is 9.96. The fourth-order valence-electron chi connectivity index (χ4n) is 1.45. The summed E-state index contributed by atoms with van der Waals surface area (Å²) in [5.41, 5.74) is 0. The van der Waals surface area contributed by atoms with Crippen molar-refractivity contribution in [2.24, 2.45) is 5.92 Å². The molecule has 0 saturated heterocycles. The molecule has 0 rings (SSSR count). The maximum atomic E-state index is 9.72. The molecule has 0 aromatic carbocycles. The maximum absolute atomic E-state index is 9.72. The number of rotatable bonds is 8. The van der Waals surface area contributed by atoms with Crippen molar-refractivity contribution < 1.29 is 5.11 Å². The first-order valence-electron chi connectivity index (χ1n) is 5.25. The standard InChI is InChI=1S/C11H23NO/c1-4-7-8-12-9-11(13)10(5-2)6-3/h4,10-13H,1,5-9H2,2-3H3. The molecule has 2 nitrogen and oxygen atoms in total. The van der Waals surface area contributed by atoms with Crippen molar-refractivity contribution >= 4 is 0 Å². The van der Waals surface area contributed by atoms with Gasteiger partial charge >= 0.3 is 0 Å². The van der Waals surface area contributed by atoms with Crippen LogP contribution in [0.5, 0.6) is 0 Å². The molecule has 0 radical (unpaired) electrons. The van der Waals surface area contributed by atoms with Gasteiger partial charge in [-0.3, -0.25) is 0 Å². The van der Waals surface area contributed by atoms with Crippen molar-refractivity contribution in [1.82, 2.24) is 5.32 Å². The van der Waals surface area contributed by atoms with E-state index in [0.717, 1.165) is 25.8 Å². The first-order valence-corrected chi connectivity index (χ1v) is 5.25. The largest absolute Gasteiger partial charge is 0.392 e. The third-order valence-corrected chi connectivity index (χ3v) is 2.47. The van der Waals surface area contributed by atoms with Crippen LogP contribution < -0.4 is 5.32 Å². The molecule has 0 aromatic heterocycles. The highest BCUT2D eigenvalue weighted by atomic mass is 16.3. The summed E-state index contributed by atoms with van der Waals surface area (Å²) in [6, 6.07) is 0. The second kappa shape index (κ2) is 8.27. The van der Waals surface area contributed by atoms with Crippen LogP contribution in [-0.4, -0.2) is 24.3 Å². The van der Waals surface area contributed by atoms with Gasteiger partial charge in [-0.1, -0.05) is 32.8 Å². The van der Waals surface area contributed by atoms with Crippen molar-refractivity contribution in [3.63, 3.8) is 0 Å². The van der Waals surface area contributed by atoms with E-state index in [0.29, 0.717) is 12.5 Å². The Labute approximate surface area is 82.0 Å². The summed E-state index contributed by atoms with van der Waals surface area (Å²) in [4.78, 5) is 0. The van der Waals surface area contributed by atoms with Crippen LogP contribution in [0.2, 0.25) is 0 Å². The van der Waals surface area contributed by atoms with Gasteiger partial charge in [0.1, 0.15) is 0 Å². The normalized spacial score (nSPS) is 13.2. The summed E-state index contributed by atoms with van der Waals surface area (Å²) in [5, 5.41) is 12.9. The fraction of sp³-hybridized carbons (Fsp3) is 0.818. The molecule has 2 N–H and O–H groups in total. The molecule has 0 bridgehead atoms. The molecule has 0 aliphatic carbocycles. The molecular weight excluding hydrogens is 162 g/mol. The van der Waals surface area contributed by atoms with Crippen molar-refractivity contribution in [3.8, 4) is 0 Å². The van der Waals surface area contributed by atoms with Gasteiger partial charge in [-0.25, -0.2) is 0 Å². The van der Waals surface area contributed by atoms with Gasteiger partial charge in [0, 0.05) is 6.54 Å². The van der Waals surface area contributed by atoms with Gasteiger partial charge in [0.15, 0.2) is 0 Å². The average molecular weight is 185 g/mol. The minimum Gasteiger partial charge on any atom is -0.392 e. The van der Waals surface area contributed by atoms with E-state index in [9.17, 15) is 5.11 Å². The minimum atomic E-state index is -0.195. The number of nitrogens with one attached hydrogen (secondary N) is 1. The first kappa shape index (κ1) is 12.7.